The highest BCUT2D eigenvalue weighted by Gasteiger charge is 2.14. The van der Waals surface area contributed by atoms with E-state index >= 15 is 0 Å². The Balaban J connectivity index is 2.83. The molecule has 1 aromatic carbocycles. The van der Waals surface area contributed by atoms with Crippen molar-refractivity contribution >= 4 is 32.5 Å². The third-order valence-corrected chi connectivity index (χ3v) is 3.54. The van der Waals surface area contributed by atoms with Crippen LogP contribution in [-0.2, 0) is 0 Å². The number of nitrogens with zero attached hydrogens (tertiary/aromatic N) is 1. The third-order valence-electron chi connectivity index (χ3n) is 2.68. The van der Waals surface area contributed by atoms with Crippen molar-refractivity contribution in [2.24, 2.45) is 0 Å². The average molecular weight is 301 g/mol. The van der Waals surface area contributed by atoms with E-state index in [2.05, 4.69) is 26.2 Å². The molecular formula is C12H11BrF2N2. The van der Waals surface area contributed by atoms with Gasteiger partial charge in [-0.25, -0.2) is 13.8 Å². The maximum atomic E-state index is 12.7. The van der Waals surface area contributed by atoms with E-state index in [0.29, 0.717) is 11.2 Å². The highest BCUT2D eigenvalue weighted by atomic mass is 79.9. The van der Waals surface area contributed by atoms with E-state index in [1.165, 1.54) is 6.07 Å². The molecule has 2 nitrogen and oxygen atoms in total. The topological polar surface area (TPSA) is 24.9 Å². The second-order valence-corrected chi connectivity index (χ2v) is 4.57. The molecule has 0 aliphatic carbocycles. The quantitative estimate of drug-likeness (QED) is 0.895. The monoisotopic (exact) mass is 300 g/mol. The van der Waals surface area contributed by atoms with E-state index in [0.717, 1.165) is 15.4 Å². The van der Waals surface area contributed by atoms with Gasteiger partial charge in [-0.1, -0.05) is 15.9 Å². The summed E-state index contributed by atoms with van der Waals surface area (Å²) in [6.45, 7) is 1.86. The van der Waals surface area contributed by atoms with Gasteiger partial charge in [0.2, 0.25) is 0 Å². The number of hydrogen-bond donors (Lipinski definition) is 1. The van der Waals surface area contributed by atoms with Crippen LogP contribution in [0.4, 0.5) is 14.5 Å². The third kappa shape index (κ3) is 2.11. The molecule has 0 aliphatic heterocycles. The summed E-state index contributed by atoms with van der Waals surface area (Å²) in [6.07, 6.45) is -2.56. The molecule has 2 aromatic rings. The summed E-state index contributed by atoms with van der Waals surface area (Å²) in [4.78, 5) is 4.02. The number of rotatable bonds is 2. The number of hydrogen-bond acceptors (Lipinski definition) is 2. The van der Waals surface area contributed by atoms with Gasteiger partial charge in [-0.2, -0.15) is 0 Å². The molecule has 1 aromatic heterocycles. The van der Waals surface area contributed by atoms with Crippen LogP contribution in [0.5, 0.6) is 0 Å². The van der Waals surface area contributed by atoms with Crippen molar-refractivity contribution in [1.29, 1.82) is 0 Å². The van der Waals surface area contributed by atoms with Crippen molar-refractivity contribution in [3.05, 3.63) is 33.9 Å². The first kappa shape index (κ1) is 12.2. The zero-order valence-electron chi connectivity index (χ0n) is 9.39. The van der Waals surface area contributed by atoms with Crippen LogP contribution in [0.3, 0.4) is 0 Å². The Morgan fingerprint density at radius 2 is 2.06 bits per heavy atom. The predicted molar refractivity (Wildman–Crippen MR) is 68.7 cm³/mol. The number of halogens is 3. The van der Waals surface area contributed by atoms with Crippen LogP contribution in [-0.4, -0.2) is 12.0 Å². The molecule has 1 N–H and O–H groups in total. The Kier molecular flexibility index (Phi) is 3.28. The lowest BCUT2D eigenvalue weighted by Gasteiger charge is -2.11. The summed E-state index contributed by atoms with van der Waals surface area (Å²) in [5.41, 5.74) is 1.92. The van der Waals surface area contributed by atoms with Crippen molar-refractivity contribution in [3.63, 3.8) is 0 Å². The van der Waals surface area contributed by atoms with Gasteiger partial charge < -0.3 is 5.32 Å². The molecule has 90 valence electrons. The standard InChI is InChI=1S/C12H11BrF2N2/c1-6-8(13)4-3-7-9(16-2)5-10(12(14)15)17-11(6)7/h3-5,12H,1-2H3,(H,16,17). The molecule has 0 bridgehead atoms. The highest BCUT2D eigenvalue weighted by Crippen LogP contribution is 2.32. The van der Waals surface area contributed by atoms with E-state index < -0.39 is 6.43 Å². The van der Waals surface area contributed by atoms with Gasteiger partial charge in [-0.15, -0.1) is 0 Å². The van der Waals surface area contributed by atoms with E-state index in [1.807, 2.05) is 19.1 Å². The summed E-state index contributed by atoms with van der Waals surface area (Å²) >= 11 is 3.38. The van der Waals surface area contributed by atoms with Gasteiger partial charge in [0.05, 0.1) is 5.52 Å². The van der Waals surface area contributed by atoms with Crippen molar-refractivity contribution < 1.29 is 8.78 Å². The first-order chi connectivity index (χ1) is 8.04. The SMILES string of the molecule is CNc1cc(C(F)F)nc2c(C)c(Br)ccc12. The lowest BCUT2D eigenvalue weighted by Crippen LogP contribution is -1.98. The van der Waals surface area contributed by atoms with Crippen LogP contribution in [0.25, 0.3) is 10.9 Å². The molecule has 1 heterocycles. The zero-order chi connectivity index (χ0) is 12.6. The number of pyridine rings is 1. The summed E-state index contributed by atoms with van der Waals surface area (Å²) in [5.74, 6) is 0. The molecule has 0 radical (unpaired) electrons. The molecule has 0 fully saturated rings. The Morgan fingerprint density at radius 1 is 1.35 bits per heavy atom. The van der Waals surface area contributed by atoms with Crippen molar-refractivity contribution in [2.75, 3.05) is 12.4 Å². The number of anilines is 1. The van der Waals surface area contributed by atoms with E-state index in [-0.39, 0.29) is 5.69 Å². The molecule has 2 rings (SSSR count). The van der Waals surface area contributed by atoms with Crippen LogP contribution in [0.1, 0.15) is 17.7 Å². The van der Waals surface area contributed by atoms with Gasteiger partial charge in [0, 0.05) is 22.6 Å². The maximum absolute atomic E-state index is 12.7. The van der Waals surface area contributed by atoms with Gasteiger partial charge in [0.25, 0.3) is 6.43 Å². The number of benzene rings is 1. The second kappa shape index (κ2) is 4.56. The van der Waals surface area contributed by atoms with Crippen molar-refractivity contribution in [1.82, 2.24) is 4.98 Å². The fraction of sp³-hybridized carbons (Fsp3) is 0.250. The number of aromatic nitrogens is 1. The van der Waals surface area contributed by atoms with Crippen LogP contribution < -0.4 is 5.32 Å². The molecule has 0 saturated heterocycles. The molecule has 0 aliphatic rings. The first-order valence-electron chi connectivity index (χ1n) is 5.10. The number of nitrogens with one attached hydrogen (secondary N) is 1. The molecule has 0 saturated carbocycles. The summed E-state index contributed by atoms with van der Waals surface area (Å²) < 4.78 is 26.3. The van der Waals surface area contributed by atoms with Crippen LogP contribution in [0.2, 0.25) is 0 Å². The molecule has 0 unspecified atom stereocenters. The minimum atomic E-state index is -2.56. The fourth-order valence-electron chi connectivity index (χ4n) is 1.74. The van der Waals surface area contributed by atoms with Gasteiger partial charge >= 0.3 is 0 Å². The summed E-state index contributed by atoms with van der Waals surface area (Å²) in [5, 5.41) is 3.77. The van der Waals surface area contributed by atoms with Crippen LogP contribution in [0.15, 0.2) is 22.7 Å². The molecule has 17 heavy (non-hydrogen) atoms. The Labute approximate surface area is 106 Å². The summed E-state index contributed by atoms with van der Waals surface area (Å²) in [7, 11) is 1.71. The Morgan fingerprint density at radius 3 is 2.65 bits per heavy atom. The van der Waals surface area contributed by atoms with Gasteiger partial charge in [0.1, 0.15) is 5.69 Å². The van der Waals surface area contributed by atoms with E-state index in [9.17, 15) is 8.78 Å². The fourth-order valence-corrected chi connectivity index (χ4v) is 2.06. The van der Waals surface area contributed by atoms with Gasteiger partial charge in [-0.3, -0.25) is 0 Å². The van der Waals surface area contributed by atoms with Crippen LogP contribution in [0, 0.1) is 6.92 Å². The Hall–Kier alpha value is -1.23. The summed E-state index contributed by atoms with van der Waals surface area (Å²) in [6, 6.07) is 5.14. The number of fused-ring (bicyclic) bond motifs is 1. The lowest BCUT2D eigenvalue weighted by atomic mass is 10.1. The minimum absolute atomic E-state index is 0.206. The second-order valence-electron chi connectivity index (χ2n) is 3.71. The smallest absolute Gasteiger partial charge is 0.280 e. The van der Waals surface area contributed by atoms with Crippen molar-refractivity contribution in [2.45, 2.75) is 13.3 Å². The molecule has 0 spiro atoms. The molecule has 0 amide bonds. The average Bonchev–Trinajstić information content (AvgIpc) is 2.32. The molecule has 0 atom stereocenters. The highest BCUT2D eigenvalue weighted by molar-refractivity contribution is 9.10. The van der Waals surface area contributed by atoms with Gasteiger partial charge in [-0.05, 0) is 30.7 Å². The van der Waals surface area contributed by atoms with Crippen molar-refractivity contribution in [3.8, 4) is 0 Å². The van der Waals surface area contributed by atoms with E-state index in [4.69, 9.17) is 0 Å². The number of alkyl halides is 2. The zero-order valence-corrected chi connectivity index (χ0v) is 11.0. The maximum Gasteiger partial charge on any atom is 0.280 e. The largest absolute Gasteiger partial charge is 0.388 e. The minimum Gasteiger partial charge on any atom is -0.388 e. The van der Waals surface area contributed by atoms with Gasteiger partial charge in [0.15, 0.2) is 0 Å². The predicted octanol–water partition coefficient (Wildman–Crippen LogP) is 4.29. The van der Waals surface area contributed by atoms with Crippen LogP contribution >= 0.6 is 15.9 Å². The number of aryl methyl sites for hydroxylation is 1. The van der Waals surface area contributed by atoms with E-state index in [1.54, 1.807) is 7.05 Å². The molecular weight excluding hydrogens is 290 g/mol. The normalized spacial score (nSPS) is 11.2. The first-order valence-corrected chi connectivity index (χ1v) is 5.89. The molecule has 5 heteroatoms. The lowest BCUT2D eigenvalue weighted by molar-refractivity contribution is 0.146. The Bertz CT molecular complexity index is 570.